The van der Waals surface area contributed by atoms with Crippen molar-refractivity contribution < 1.29 is 134 Å². The summed E-state index contributed by atoms with van der Waals surface area (Å²) in [4.78, 5) is 24.3. The van der Waals surface area contributed by atoms with Gasteiger partial charge in [0.2, 0.25) is 37.9 Å². The first-order valence-electron chi connectivity index (χ1n) is 41.7. The Labute approximate surface area is 765 Å². The normalized spacial score (nSPS) is 16.2. The number of aromatic hydroxyl groups is 2. The van der Waals surface area contributed by atoms with Crippen molar-refractivity contribution in [3.8, 4) is 34.5 Å². The molecule has 2 radical (unpaired) electrons. The molecule has 2 saturated heterocycles. The molecule has 0 aromatic heterocycles. The van der Waals surface area contributed by atoms with Crippen molar-refractivity contribution in [1.82, 2.24) is 23.5 Å². The third-order valence-corrected chi connectivity index (χ3v) is 29.8. The van der Waals surface area contributed by atoms with Gasteiger partial charge >= 0.3 is 28.9 Å². The summed E-state index contributed by atoms with van der Waals surface area (Å²) < 4.78 is 195. The van der Waals surface area contributed by atoms with Gasteiger partial charge in [-0.2, -0.15) is 12.9 Å². The lowest BCUT2D eigenvalue weighted by molar-refractivity contribution is -0.0907. The Hall–Kier alpha value is -7.14. The summed E-state index contributed by atoms with van der Waals surface area (Å²) in [7, 11) is -16.7. The predicted octanol–water partition coefficient (Wildman–Crippen LogP) is 13.4. The molecule has 6 aromatic rings. The van der Waals surface area contributed by atoms with E-state index in [9.17, 15) is 74.1 Å². The third-order valence-electron chi connectivity index (χ3n) is 19.1. The summed E-state index contributed by atoms with van der Waals surface area (Å²) in [6, 6.07) is 36.4. The molecule has 0 unspecified atom stereocenters. The highest BCUT2D eigenvalue weighted by Gasteiger charge is 2.45. The predicted molar refractivity (Wildman–Crippen MR) is 495 cm³/mol. The summed E-state index contributed by atoms with van der Waals surface area (Å²) in [5, 5.41) is 59.4. The molecule has 0 aliphatic carbocycles. The van der Waals surface area contributed by atoms with E-state index >= 15 is 0 Å². The molecule has 2 amide bonds. The van der Waals surface area contributed by atoms with Gasteiger partial charge in [0.1, 0.15) is 6.10 Å². The highest BCUT2D eigenvalue weighted by Crippen LogP contribution is 2.51. The number of amides is 2. The number of phenolic OH excluding ortho intramolecular Hbond substituents is 2. The number of hydrogen-bond acceptors (Lipinski definition) is 30. The second-order valence-corrected chi connectivity index (χ2v) is 42.5. The third kappa shape index (κ3) is 37.0. The molecule has 9 N–H and O–H groups in total. The highest BCUT2D eigenvalue weighted by molar-refractivity contribution is 7.89. The first kappa shape index (κ1) is 116. The van der Waals surface area contributed by atoms with Crippen LogP contribution in [0.1, 0.15) is 128 Å². The minimum atomic E-state index is -4.29. The monoisotopic (exact) mass is 1930 g/mol. The van der Waals surface area contributed by atoms with Crippen LogP contribution < -0.4 is 35.3 Å². The molecule has 42 heteroatoms. The van der Waals surface area contributed by atoms with E-state index in [4.69, 9.17) is 73.9 Å². The van der Waals surface area contributed by atoms with Gasteiger partial charge in [-0.1, -0.05) is 155 Å². The number of carbonyl (C=O) groups excluding carboxylic acids is 2. The number of fused-ring (bicyclic) bond motifs is 1. The van der Waals surface area contributed by atoms with Gasteiger partial charge in [0, 0.05) is 63.5 Å². The molecule has 9 atom stereocenters. The second-order valence-electron chi connectivity index (χ2n) is 30.6. The van der Waals surface area contributed by atoms with E-state index in [1.807, 2.05) is 133 Å². The molecule has 6 aromatic carbocycles. The standard InChI is InChI=1S/C32H47N2O12PS.C27H40BN2O9PS.C25H39N2O8PS.3CH4/c1-5-44-47(38,45-6-2)21-43-29-17-24(12-13-27(29)35)48(39,40)34(18-22(3)4)19-28(36)26(16-23-10-8-7-9-11-23)33-32(37)46-30-20-42-31-25(30)14-15-41-31;1-6-38-40(33,39-7-2)19-37-26-16-22(13-14-25(26)36-5)41(34,35)30(17-20(3)4)18-24(31)23(29-27(28)32)15-21-11-9-8-10-12-21;1-5-34-36(30,35-6-2)18-33-25-15-21(12-13-23(25)28)37(31,32)27(16-19(3)4)17-24(29)22(26)14-20-10-8-7-9-11-20;;;/h7-13,17,22,25-26,28,30-31,35-36H,5-6,14-16,18-21H2,1-4H3,(H,33,37);8-14,16,20,23-24,31H,6-7,15,17-19H2,1-5H3,(H,29,32);7-13,15,19,22,24,28-29H,5-6,14,16-18,26H2,1-4H3;3*1H4/t25-,26-,28+,30-,31+;23-,24+;22-,24+;;;/m000.../s1. The van der Waals surface area contributed by atoms with E-state index in [1.165, 1.54) is 47.8 Å². The molecule has 2 heterocycles. The van der Waals surface area contributed by atoms with Crippen molar-refractivity contribution in [2.75, 3.05) is 118 Å². The number of benzene rings is 6. The summed E-state index contributed by atoms with van der Waals surface area (Å²) in [5.41, 5.74) is 8.78. The van der Waals surface area contributed by atoms with Gasteiger partial charge in [0.15, 0.2) is 65.6 Å². The number of ether oxygens (including phenoxy) is 7. The number of nitrogens with two attached hydrogens (primary N) is 1. The zero-order chi connectivity index (χ0) is 93.2. The number of carbonyl (C=O) groups is 2. The van der Waals surface area contributed by atoms with Crippen LogP contribution in [0.25, 0.3) is 0 Å². The second kappa shape index (κ2) is 56.1. The molecule has 726 valence electrons. The number of rotatable bonds is 52. The fourth-order valence-corrected chi connectivity index (χ4v) is 22.1. The van der Waals surface area contributed by atoms with Crippen LogP contribution in [0, 0.1) is 23.7 Å². The minimum Gasteiger partial charge on any atom is -0.504 e. The average molecular weight is 1930 g/mol. The maximum Gasteiger partial charge on any atom is 0.407 e. The largest absolute Gasteiger partial charge is 0.504 e. The van der Waals surface area contributed by atoms with E-state index in [1.54, 1.807) is 41.5 Å². The number of phenols is 2. The SMILES string of the molecule is C.C.C.CCOP(=O)(COc1cc(S(=O)(=O)N(CC(C)C)C[C@@H](O)[C@@H](N)Cc2ccccc2)ccc1O)OCC.CCOP(=O)(COc1cc(S(=O)(=O)N(CC(C)C)C[C@@H](O)[C@H](Cc2ccccc2)NC(=O)O[C@H]2CO[C@H]3OCC[C@H]32)ccc1O)OCC.[B]C(=O)N[C@@H](Cc1ccccc1)[C@H](O)CN(CC(C)C)S(=O)(=O)c1ccc(OC)c(OCP(=O)(OCC)OCC)c1. The molecule has 2 aliphatic rings. The van der Waals surface area contributed by atoms with Crippen LogP contribution in [0.2, 0.25) is 0 Å². The number of methoxy groups -OCH3 is 1. The maximum absolute atomic E-state index is 14.0. The molecule has 8 rings (SSSR count). The number of aliphatic hydroxyl groups excluding tert-OH is 3. The van der Waals surface area contributed by atoms with Gasteiger partial charge in [-0.05, 0) is 138 Å². The lowest BCUT2D eigenvalue weighted by atomic mass is 9.99. The van der Waals surface area contributed by atoms with Crippen molar-refractivity contribution in [3.63, 3.8) is 0 Å². The summed E-state index contributed by atoms with van der Waals surface area (Å²) >= 11 is 0. The summed E-state index contributed by atoms with van der Waals surface area (Å²) in [5.74, 6) is -2.09. The van der Waals surface area contributed by atoms with Crippen LogP contribution in [-0.2, 0) is 104 Å². The Morgan fingerprint density at radius 1 is 0.473 bits per heavy atom. The number of nitrogens with one attached hydrogen (secondary N) is 2. The number of sulfonamides is 3. The Morgan fingerprint density at radius 2 is 0.806 bits per heavy atom. The topological polar surface area (TPSA) is 469 Å². The molecular formula is C87H138BN6O29P3S3. The number of nitrogens with zero attached hydrogens (tertiary/aromatic N) is 3. The first-order valence-corrected chi connectivity index (χ1v) is 51.2. The molecule has 0 spiro atoms. The number of hydrogen-bond donors (Lipinski definition) is 8. The summed E-state index contributed by atoms with van der Waals surface area (Å²) in [6.07, 6.45) is -5.44. The van der Waals surface area contributed by atoms with Crippen LogP contribution in [0.15, 0.2) is 160 Å². The quantitative estimate of drug-likeness (QED) is 0.0130. The Balaban J connectivity index is 0.000000498. The molecule has 0 saturated carbocycles. The van der Waals surface area contributed by atoms with E-state index < -0.39 is 133 Å². The smallest absolute Gasteiger partial charge is 0.407 e. The fourth-order valence-electron chi connectivity index (χ4n) is 13.3. The van der Waals surface area contributed by atoms with Crippen LogP contribution in [0.5, 0.6) is 34.5 Å². The van der Waals surface area contributed by atoms with Gasteiger partial charge in [-0.25, -0.2) is 30.0 Å². The van der Waals surface area contributed by atoms with Crippen molar-refractivity contribution in [2.24, 2.45) is 29.4 Å². The van der Waals surface area contributed by atoms with Crippen molar-refractivity contribution in [2.45, 2.75) is 195 Å². The van der Waals surface area contributed by atoms with E-state index in [0.717, 1.165) is 43.5 Å². The molecule has 35 nitrogen and oxygen atoms in total. The summed E-state index contributed by atoms with van der Waals surface area (Å²) in [6.45, 7) is 21.8. The Bertz CT molecular complexity index is 4810. The van der Waals surface area contributed by atoms with Gasteiger partial charge < -0.3 is 102 Å². The molecule has 2 fully saturated rings. The fraction of sp³-hybridized carbons (Fsp3) is 0.563. The molecule has 2 aliphatic heterocycles. The van der Waals surface area contributed by atoms with Crippen LogP contribution in [0.4, 0.5) is 9.59 Å². The van der Waals surface area contributed by atoms with E-state index in [-0.39, 0.29) is 193 Å². The van der Waals surface area contributed by atoms with Crippen molar-refractivity contribution >= 4 is 72.6 Å². The lowest BCUT2D eigenvalue weighted by Gasteiger charge is -2.31. The Kier molecular flexibility index (Phi) is 50.5. The van der Waals surface area contributed by atoms with E-state index in [0.29, 0.717) is 19.4 Å². The van der Waals surface area contributed by atoms with Gasteiger partial charge in [-0.15, -0.1) is 0 Å². The zero-order valence-electron chi connectivity index (χ0n) is 73.7. The van der Waals surface area contributed by atoms with Crippen molar-refractivity contribution in [3.05, 3.63) is 162 Å². The van der Waals surface area contributed by atoms with Gasteiger partial charge in [0.25, 0.3) is 0 Å². The molecular weight excluding hydrogens is 1790 g/mol. The minimum absolute atomic E-state index is 0. The first-order chi connectivity index (χ1) is 59.6. The average Bonchev–Trinajstić information content (AvgIpc) is 1.68. The van der Waals surface area contributed by atoms with Gasteiger partial charge in [0.05, 0.1) is 111 Å². The van der Waals surface area contributed by atoms with Crippen LogP contribution in [-0.4, -0.2) is 251 Å². The van der Waals surface area contributed by atoms with E-state index in [2.05, 4.69) is 10.6 Å². The number of alkyl carbamates (subject to hydrolysis) is 1. The van der Waals surface area contributed by atoms with Gasteiger partial charge in [-0.3, -0.25) is 18.5 Å². The Morgan fingerprint density at radius 3 is 1.16 bits per heavy atom. The molecule has 0 bridgehead atoms. The van der Waals surface area contributed by atoms with Crippen LogP contribution in [0.3, 0.4) is 0 Å². The zero-order valence-corrected chi connectivity index (χ0v) is 78.9. The van der Waals surface area contributed by atoms with Crippen LogP contribution >= 0.6 is 22.8 Å². The van der Waals surface area contributed by atoms with Crippen molar-refractivity contribution in [1.29, 1.82) is 0 Å². The number of aliphatic hydroxyl groups is 3. The lowest BCUT2D eigenvalue weighted by Crippen LogP contribution is -2.51. The highest BCUT2D eigenvalue weighted by atomic mass is 32.2. The molecule has 129 heavy (non-hydrogen) atoms. The maximum atomic E-state index is 14.0.